The maximum Gasteiger partial charge on any atom is 0.119 e. The molecule has 3 aromatic rings. The lowest BCUT2D eigenvalue weighted by atomic mass is 9.88. The molecular formula is C27H34NO+. The van der Waals surface area contributed by atoms with Crippen molar-refractivity contribution in [1.29, 1.82) is 0 Å². The molecule has 0 saturated carbocycles. The smallest absolute Gasteiger partial charge is 0.119 e. The van der Waals surface area contributed by atoms with Crippen LogP contribution in [-0.4, -0.2) is 12.6 Å². The van der Waals surface area contributed by atoms with Crippen LogP contribution in [0.5, 0.6) is 5.75 Å². The number of quaternary nitrogens is 1. The number of benzene rings is 3. The Morgan fingerprint density at radius 2 is 1.31 bits per heavy atom. The summed E-state index contributed by atoms with van der Waals surface area (Å²) in [6.45, 7) is 9.64. The van der Waals surface area contributed by atoms with E-state index < -0.39 is 0 Å². The number of nitrogens with two attached hydrogens (primary N) is 1. The van der Waals surface area contributed by atoms with Crippen molar-refractivity contribution < 1.29 is 10.1 Å². The average Bonchev–Trinajstić information content (AvgIpc) is 2.73. The third-order valence-corrected chi connectivity index (χ3v) is 5.43. The summed E-state index contributed by atoms with van der Waals surface area (Å²) < 4.78 is 5.83. The van der Waals surface area contributed by atoms with Gasteiger partial charge in [0.2, 0.25) is 0 Å². The molecule has 3 rings (SSSR count). The van der Waals surface area contributed by atoms with Crippen molar-refractivity contribution in [2.24, 2.45) is 0 Å². The molecule has 2 atom stereocenters. The largest absolute Gasteiger partial charge is 0.491 e. The molecule has 0 aliphatic rings. The molecule has 3 aromatic carbocycles. The third-order valence-electron chi connectivity index (χ3n) is 5.43. The van der Waals surface area contributed by atoms with Crippen LogP contribution in [0.4, 0.5) is 0 Å². The van der Waals surface area contributed by atoms with Crippen LogP contribution in [-0.2, 0) is 0 Å². The van der Waals surface area contributed by atoms with Gasteiger partial charge in [0.25, 0.3) is 0 Å². The van der Waals surface area contributed by atoms with E-state index in [0.29, 0.717) is 12.0 Å². The van der Waals surface area contributed by atoms with Crippen LogP contribution < -0.4 is 10.1 Å². The predicted molar refractivity (Wildman–Crippen MR) is 121 cm³/mol. The van der Waals surface area contributed by atoms with Crippen molar-refractivity contribution >= 4 is 0 Å². The summed E-state index contributed by atoms with van der Waals surface area (Å²) in [7, 11) is 0. The van der Waals surface area contributed by atoms with Gasteiger partial charge in [0, 0.05) is 17.9 Å². The lowest BCUT2D eigenvalue weighted by Crippen LogP contribution is -2.84. The van der Waals surface area contributed by atoms with E-state index in [0.717, 1.165) is 18.7 Å². The van der Waals surface area contributed by atoms with Crippen LogP contribution >= 0.6 is 0 Å². The van der Waals surface area contributed by atoms with Crippen LogP contribution in [0.25, 0.3) is 0 Å². The minimum atomic E-state index is 0.197. The first-order chi connectivity index (χ1) is 14.0. The first kappa shape index (κ1) is 21.1. The monoisotopic (exact) mass is 388 g/mol. The zero-order valence-electron chi connectivity index (χ0n) is 18.1. The number of hydrogen-bond donors (Lipinski definition) is 1. The Morgan fingerprint density at radius 1 is 0.724 bits per heavy atom. The number of rotatable bonds is 9. The van der Waals surface area contributed by atoms with Gasteiger partial charge in [-0.3, -0.25) is 0 Å². The van der Waals surface area contributed by atoms with Crippen molar-refractivity contribution in [2.75, 3.05) is 6.54 Å². The minimum absolute atomic E-state index is 0.197. The van der Waals surface area contributed by atoms with E-state index in [1.54, 1.807) is 0 Å². The molecule has 2 N–H and O–H groups in total. The molecule has 0 spiro atoms. The fraction of sp³-hybridized carbons (Fsp3) is 0.333. The molecule has 0 aliphatic heterocycles. The van der Waals surface area contributed by atoms with Gasteiger partial charge < -0.3 is 10.1 Å². The summed E-state index contributed by atoms with van der Waals surface area (Å²) in [5.74, 6) is 1.33. The Kier molecular flexibility index (Phi) is 7.48. The standard InChI is InChI=1S/C27H33NO/c1-20(2)29-26-16-14-25(15-17-26)27(24-12-10-21(3)11-13-24)18-19-28-22(4)23-8-6-5-7-9-23/h5-17,20,22,27-28H,18-19H2,1-4H3/p+1/t22-,27-/m1/s1. The van der Waals surface area contributed by atoms with E-state index in [4.69, 9.17) is 4.74 Å². The first-order valence-electron chi connectivity index (χ1n) is 10.7. The quantitative estimate of drug-likeness (QED) is 0.505. The van der Waals surface area contributed by atoms with Gasteiger partial charge in [0.15, 0.2) is 0 Å². The molecular weight excluding hydrogens is 354 g/mol. The Bertz CT molecular complexity index is 853. The third kappa shape index (κ3) is 6.20. The van der Waals surface area contributed by atoms with Crippen molar-refractivity contribution in [2.45, 2.75) is 52.2 Å². The summed E-state index contributed by atoms with van der Waals surface area (Å²) >= 11 is 0. The van der Waals surface area contributed by atoms with E-state index >= 15 is 0 Å². The lowest BCUT2D eigenvalue weighted by molar-refractivity contribution is -0.693. The Hall–Kier alpha value is -2.58. The molecule has 2 nitrogen and oxygen atoms in total. The van der Waals surface area contributed by atoms with E-state index in [1.807, 2.05) is 0 Å². The molecule has 0 bridgehead atoms. The van der Waals surface area contributed by atoms with Crippen molar-refractivity contribution in [3.63, 3.8) is 0 Å². The molecule has 29 heavy (non-hydrogen) atoms. The second kappa shape index (κ2) is 10.3. The summed E-state index contributed by atoms with van der Waals surface area (Å²) in [6, 6.07) is 28.9. The highest BCUT2D eigenvalue weighted by atomic mass is 16.5. The summed E-state index contributed by atoms with van der Waals surface area (Å²) in [5, 5.41) is 2.45. The molecule has 0 saturated heterocycles. The number of aryl methyl sites for hydroxylation is 1. The van der Waals surface area contributed by atoms with E-state index in [9.17, 15) is 0 Å². The molecule has 0 aromatic heterocycles. The van der Waals surface area contributed by atoms with Crippen LogP contribution in [0.15, 0.2) is 78.9 Å². The Balaban J connectivity index is 1.72. The highest BCUT2D eigenvalue weighted by molar-refractivity contribution is 5.37. The predicted octanol–water partition coefficient (Wildman–Crippen LogP) is 5.63. The van der Waals surface area contributed by atoms with Gasteiger partial charge in [-0.1, -0.05) is 72.3 Å². The molecule has 0 unspecified atom stereocenters. The molecule has 0 heterocycles. The van der Waals surface area contributed by atoms with Crippen LogP contribution in [0.1, 0.15) is 61.4 Å². The van der Waals surface area contributed by atoms with Gasteiger partial charge in [-0.15, -0.1) is 0 Å². The van der Waals surface area contributed by atoms with Gasteiger partial charge in [0.05, 0.1) is 12.6 Å². The average molecular weight is 389 g/mol. The highest BCUT2D eigenvalue weighted by Crippen LogP contribution is 2.29. The number of ether oxygens (including phenoxy) is 1. The normalized spacial score (nSPS) is 13.3. The van der Waals surface area contributed by atoms with E-state index in [1.165, 1.54) is 22.3 Å². The Labute approximate surface area is 175 Å². The van der Waals surface area contributed by atoms with Gasteiger partial charge >= 0.3 is 0 Å². The van der Waals surface area contributed by atoms with Crippen LogP contribution in [0.3, 0.4) is 0 Å². The fourth-order valence-electron chi connectivity index (χ4n) is 3.78. The van der Waals surface area contributed by atoms with E-state index in [-0.39, 0.29) is 6.10 Å². The van der Waals surface area contributed by atoms with Crippen molar-refractivity contribution in [1.82, 2.24) is 0 Å². The van der Waals surface area contributed by atoms with Gasteiger partial charge in [-0.25, -0.2) is 0 Å². The summed E-state index contributed by atoms with van der Waals surface area (Å²) in [4.78, 5) is 0. The zero-order chi connectivity index (χ0) is 20.6. The summed E-state index contributed by atoms with van der Waals surface area (Å²) in [6.07, 6.45) is 1.30. The maximum absolute atomic E-state index is 5.83. The van der Waals surface area contributed by atoms with Crippen molar-refractivity contribution in [3.8, 4) is 5.75 Å². The van der Waals surface area contributed by atoms with Crippen LogP contribution in [0, 0.1) is 6.92 Å². The summed E-state index contributed by atoms with van der Waals surface area (Å²) in [5.41, 5.74) is 5.42. The minimum Gasteiger partial charge on any atom is -0.491 e. The zero-order valence-corrected chi connectivity index (χ0v) is 18.1. The molecule has 0 fully saturated rings. The molecule has 2 heteroatoms. The van der Waals surface area contributed by atoms with Crippen molar-refractivity contribution in [3.05, 3.63) is 101 Å². The van der Waals surface area contributed by atoms with Gasteiger partial charge in [-0.05, 0) is 51.0 Å². The molecule has 0 radical (unpaired) electrons. The number of hydrogen-bond acceptors (Lipinski definition) is 1. The lowest BCUT2D eigenvalue weighted by Gasteiger charge is -2.20. The fourth-order valence-corrected chi connectivity index (χ4v) is 3.78. The van der Waals surface area contributed by atoms with Gasteiger partial charge in [-0.2, -0.15) is 0 Å². The highest BCUT2D eigenvalue weighted by Gasteiger charge is 2.17. The van der Waals surface area contributed by atoms with E-state index in [2.05, 4.69) is 112 Å². The topological polar surface area (TPSA) is 25.8 Å². The van der Waals surface area contributed by atoms with Crippen LogP contribution in [0.2, 0.25) is 0 Å². The molecule has 0 aliphatic carbocycles. The SMILES string of the molecule is Cc1ccc([C@@H](CC[NH2+][C@H](C)c2ccccc2)c2ccc(OC(C)C)cc2)cc1. The second-order valence-electron chi connectivity index (χ2n) is 8.21. The first-order valence-corrected chi connectivity index (χ1v) is 10.7. The molecule has 152 valence electrons. The maximum atomic E-state index is 5.83. The van der Waals surface area contributed by atoms with Gasteiger partial charge in [0.1, 0.15) is 11.8 Å². The molecule has 0 amide bonds. The second-order valence-corrected chi connectivity index (χ2v) is 8.21. The Morgan fingerprint density at radius 3 is 1.90 bits per heavy atom.